The molecule has 0 aromatic heterocycles. The van der Waals surface area contributed by atoms with Crippen molar-refractivity contribution in [3.8, 4) is 0 Å². The summed E-state index contributed by atoms with van der Waals surface area (Å²) in [6, 6.07) is 2.25. The number of piperidine rings is 1. The zero-order valence-corrected chi connectivity index (χ0v) is 11.1. The standard InChI is InChI=1S/C12H13Cl2FN2O/c13-9-4-8(15)5-10(14)11(9)17-12(18)7-2-1-3-16-6-7/h4-5,7,16H,1-3,6H2,(H,17,18)/t7-/m1/s1. The monoisotopic (exact) mass is 290 g/mol. The Morgan fingerprint density at radius 1 is 1.39 bits per heavy atom. The molecule has 0 spiro atoms. The molecule has 2 N–H and O–H groups in total. The number of rotatable bonds is 2. The molecule has 3 nitrogen and oxygen atoms in total. The van der Waals surface area contributed by atoms with Crippen molar-refractivity contribution in [2.45, 2.75) is 12.8 Å². The fraction of sp³-hybridized carbons (Fsp3) is 0.417. The molecule has 1 aliphatic heterocycles. The van der Waals surface area contributed by atoms with Crippen molar-refractivity contribution in [1.82, 2.24) is 5.32 Å². The predicted octanol–water partition coefficient (Wildman–Crippen LogP) is 3.07. The molecule has 98 valence electrons. The molecule has 1 amide bonds. The second-order valence-electron chi connectivity index (χ2n) is 4.28. The second kappa shape index (κ2) is 5.87. The Hall–Kier alpha value is -0.840. The molecule has 2 rings (SSSR count). The predicted molar refractivity (Wildman–Crippen MR) is 70.6 cm³/mol. The van der Waals surface area contributed by atoms with Crippen LogP contribution >= 0.6 is 23.2 Å². The Balaban J connectivity index is 2.11. The van der Waals surface area contributed by atoms with Gasteiger partial charge in [0.2, 0.25) is 5.91 Å². The van der Waals surface area contributed by atoms with Gasteiger partial charge < -0.3 is 10.6 Å². The SMILES string of the molecule is O=C(Nc1c(Cl)cc(F)cc1Cl)[C@@H]1CCCNC1. The quantitative estimate of drug-likeness (QED) is 0.879. The van der Waals surface area contributed by atoms with Crippen LogP contribution < -0.4 is 10.6 Å². The Labute approximate surface area is 115 Å². The first-order valence-electron chi connectivity index (χ1n) is 5.74. The maximum absolute atomic E-state index is 13.0. The Kier molecular flexibility index (Phi) is 4.43. The third-order valence-corrected chi connectivity index (χ3v) is 3.52. The molecule has 0 bridgehead atoms. The van der Waals surface area contributed by atoms with Gasteiger partial charge in [0, 0.05) is 6.54 Å². The lowest BCUT2D eigenvalue weighted by molar-refractivity contribution is -0.120. The fourth-order valence-corrected chi connectivity index (χ4v) is 2.52. The lowest BCUT2D eigenvalue weighted by Gasteiger charge is -2.22. The average molecular weight is 291 g/mol. The molecular formula is C12H13Cl2FN2O. The van der Waals surface area contributed by atoms with Crippen LogP contribution in [0.4, 0.5) is 10.1 Å². The number of halogens is 3. The van der Waals surface area contributed by atoms with Crippen molar-refractivity contribution in [1.29, 1.82) is 0 Å². The van der Waals surface area contributed by atoms with Gasteiger partial charge in [-0.25, -0.2) is 4.39 Å². The Bertz CT molecular complexity index is 438. The van der Waals surface area contributed by atoms with E-state index >= 15 is 0 Å². The van der Waals surface area contributed by atoms with E-state index in [9.17, 15) is 9.18 Å². The highest BCUT2D eigenvalue weighted by atomic mass is 35.5. The molecule has 1 aromatic carbocycles. The maximum atomic E-state index is 13.0. The summed E-state index contributed by atoms with van der Waals surface area (Å²) in [5.74, 6) is -0.768. The molecule has 1 fully saturated rings. The average Bonchev–Trinajstić information content (AvgIpc) is 2.34. The van der Waals surface area contributed by atoms with Gasteiger partial charge in [0.1, 0.15) is 5.82 Å². The summed E-state index contributed by atoms with van der Waals surface area (Å²) in [5.41, 5.74) is 0.273. The van der Waals surface area contributed by atoms with Crippen LogP contribution in [0.5, 0.6) is 0 Å². The van der Waals surface area contributed by atoms with Crippen LogP contribution in [0.3, 0.4) is 0 Å². The van der Waals surface area contributed by atoms with Crippen molar-refractivity contribution in [2.24, 2.45) is 5.92 Å². The summed E-state index contributed by atoms with van der Waals surface area (Å²) < 4.78 is 13.0. The van der Waals surface area contributed by atoms with E-state index < -0.39 is 5.82 Å². The fourth-order valence-electron chi connectivity index (χ4n) is 1.96. The van der Waals surface area contributed by atoms with Gasteiger partial charge in [-0.15, -0.1) is 0 Å². The van der Waals surface area contributed by atoms with Crippen molar-refractivity contribution in [3.05, 3.63) is 28.0 Å². The van der Waals surface area contributed by atoms with Crippen molar-refractivity contribution in [2.75, 3.05) is 18.4 Å². The number of carbonyl (C=O) groups excluding carboxylic acids is 1. The molecule has 0 aliphatic carbocycles. The van der Waals surface area contributed by atoms with Gasteiger partial charge in [0.05, 0.1) is 21.7 Å². The third-order valence-electron chi connectivity index (χ3n) is 2.92. The number of hydrogen-bond acceptors (Lipinski definition) is 2. The summed E-state index contributed by atoms with van der Waals surface area (Å²) in [6.45, 7) is 1.57. The van der Waals surface area contributed by atoms with Crippen molar-refractivity contribution >= 4 is 34.8 Å². The number of anilines is 1. The molecule has 1 saturated heterocycles. The minimum atomic E-state index is -0.526. The number of hydrogen-bond donors (Lipinski definition) is 2. The van der Waals surface area contributed by atoms with Crippen molar-refractivity contribution < 1.29 is 9.18 Å². The van der Waals surface area contributed by atoms with Crippen molar-refractivity contribution in [3.63, 3.8) is 0 Å². The van der Waals surface area contributed by atoms with E-state index in [0.29, 0.717) is 6.54 Å². The molecule has 0 saturated carbocycles. The molecule has 18 heavy (non-hydrogen) atoms. The summed E-state index contributed by atoms with van der Waals surface area (Å²) in [6.07, 6.45) is 1.79. The summed E-state index contributed by atoms with van der Waals surface area (Å²) in [4.78, 5) is 12.0. The van der Waals surface area contributed by atoms with E-state index in [1.807, 2.05) is 0 Å². The van der Waals surface area contributed by atoms with E-state index in [1.165, 1.54) is 0 Å². The largest absolute Gasteiger partial charge is 0.323 e. The lowest BCUT2D eigenvalue weighted by atomic mass is 9.99. The normalized spacial score (nSPS) is 19.6. The minimum Gasteiger partial charge on any atom is -0.323 e. The number of amides is 1. The number of carbonyl (C=O) groups is 1. The van der Waals surface area contributed by atoms with E-state index in [4.69, 9.17) is 23.2 Å². The molecule has 0 radical (unpaired) electrons. The van der Waals surface area contributed by atoms with Crippen LogP contribution in [-0.2, 0) is 4.79 Å². The van der Waals surface area contributed by atoms with Gasteiger partial charge in [0.25, 0.3) is 0 Å². The Morgan fingerprint density at radius 2 is 2.06 bits per heavy atom. The van der Waals surface area contributed by atoms with Gasteiger partial charge in [-0.2, -0.15) is 0 Å². The highest BCUT2D eigenvalue weighted by molar-refractivity contribution is 6.39. The van der Waals surface area contributed by atoms with E-state index in [1.54, 1.807) is 0 Å². The number of nitrogens with one attached hydrogen (secondary N) is 2. The maximum Gasteiger partial charge on any atom is 0.228 e. The van der Waals surface area contributed by atoms with Crippen LogP contribution in [0.1, 0.15) is 12.8 Å². The van der Waals surface area contributed by atoms with E-state index in [-0.39, 0.29) is 27.6 Å². The third kappa shape index (κ3) is 3.13. The Morgan fingerprint density at radius 3 is 2.61 bits per heavy atom. The molecular weight excluding hydrogens is 278 g/mol. The lowest BCUT2D eigenvalue weighted by Crippen LogP contribution is -2.37. The zero-order chi connectivity index (χ0) is 13.1. The smallest absolute Gasteiger partial charge is 0.228 e. The van der Waals surface area contributed by atoms with E-state index in [2.05, 4.69) is 10.6 Å². The minimum absolute atomic E-state index is 0.101. The topological polar surface area (TPSA) is 41.1 Å². The first-order chi connectivity index (χ1) is 8.58. The molecule has 1 aliphatic rings. The molecule has 1 heterocycles. The highest BCUT2D eigenvalue weighted by Gasteiger charge is 2.22. The zero-order valence-electron chi connectivity index (χ0n) is 9.60. The summed E-state index contributed by atoms with van der Waals surface area (Å²) >= 11 is 11.7. The van der Waals surface area contributed by atoms with Crippen LogP contribution in [-0.4, -0.2) is 19.0 Å². The van der Waals surface area contributed by atoms with Gasteiger partial charge in [0.15, 0.2) is 0 Å². The second-order valence-corrected chi connectivity index (χ2v) is 5.09. The summed E-state index contributed by atoms with van der Waals surface area (Å²) in [7, 11) is 0. The molecule has 6 heteroatoms. The highest BCUT2D eigenvalue weighted by Crippen LogP contribution is 2.32. The molecule has 1 atom stereocenters. The first kappa shape index (κ1) is 13.6. The van der Waals surface area contributed by atoms with Gasteiger partial charge in [-0.3, -0.25) is 4.79 Å². The molecule has 1 aromatic rings. The van der Waals surface area contributed by atoms with E-state index in [0.717, 1.165) is 31.5 Å². The van der Waals surface area contributed by atoms with Gasteiger partial charge in [-0.1, -0.05) is 23.2 Å². The molecule has 0 unspecified atom stereocenters. The van der Waals surface area contributed by atoms with Crippen LogP contribution in [0.15, 0.2) is 12.1 Å². The summed E-state index contributed by atoms with van der Waals surface area (Å²) in [5, 5.41) is 6.04. The van der Waals surface area contributed by atoms with Crippen LogP contribution in [0, 0.1) is 11.7 Å². The number of benzene rings is 1. The van der Waals surface area contributed by atoms with Crippen LogP contribution in [0.2, 0.25) is 10.0 Å². The van der Waals surface area contributed by atoms with Gasteiger partial charge >= 0.3 is 0 Å². The van der Waals surface area contributed by atoms with Crippen LogP contribution in [0.25, 0.3) is 0 Å². The van der Waals surface area contributed by atoms with Gasteiger partial charge in [-0.05, 0) is 31.5 Å². The first-order valence-corrected chi connectivity index (χ1v) is 6.49.